The van der Waals surface area contributed by atoms with Crippen LogP contribution < -0.4 is 16.2 Å². The van der Waals surface area contributed by atoms with Crippen molar-refractivity contribution >= 4 is 28.7 Å². The molecular weight excluding hydrogens is 290 g/mol. The highest BCUT2D eigenvalue weighted by atomic mass is 32.1. The molecule has 3 N–H and O–H groups in total. The van der Waals surface area contributed by atoms with Crippen LogP contribution in [0.15, 0.2) is 48.5 Å². The molecule has 0 spiro atoms. The Morgan fingerprint density at radius 1 is 1.09 bits per heavy atom. The highest BCUT2D eigenvalue weighted by molar-refractivity contribution is 7.80. The van der Waals surface area contributed by atoms with Crippen molar-refractivity contribution in [2.45, 2.75) is 20.3 Å². The molecule has 4 heteroatoms. The van der Waals surface area contributed by atoms with Crippen LogP contribution in [0.2, 0.25) is 0 Å². The second-order valence-electron chi connectivity index (χ2n) is 5.50. The molecule has 1 aliphatic carbocycles. The standard InChI is InChI=1S/C18H19N3S/c1-12-7-8-13(2)17(11-12)19-18(22)21-20-16-10-9-14-5-3-4-6-15(14)16/h3-8,10-11,20H,9H2,1-2H3,(H2,19,21,22). The first kappa shape index (κ1) is 14.6. The van der Waals surface area contributed by atoms with Crippen molar-refractivity contribution in [2.75, 3.05) is 5.32 Å². The fourth-order valence-corrected chi connectivity index (χ4v) is 2.71. The summed E-state index contributed by atoms with van der Waals surface area (Å²) in [5.74, 6) is 0. The van der Waals surface area contributed by atoms with Gasteiger partial charge in [0, 0.05) is 11.3 Å². The van der Waals surface area contributed by atoms with E-state index in [0.29, 0.717) is 5.11 Å². The summed E-state index contributed by atoms with van der Waals surface area (Å²) in [5.41, 5.74) is 13.3. The van der Waals surface area contributed by atoms with Crippen LogP contribution in [0.25, 0.3) is 5.70 Å². The Kier molecular flexibility index (Phi) is 4.11. The second kappa shape index (κ2) is 6.20. The van der Waals surface area contributed by atoms with Crippen molar-refractivity contribution in [1.29, 1.82) is 0 Å². The van der Waals surface area contributed by atoms with E-state index in [1.54, 1.807) is 0 Å². The summed E-state index contributed by atoms with van der Waals surface area (Å²) in [6.45, 7) is 4.13. The Bertz CT molecular complexity index is 750. The molecule has 0 unspecified atom stereocenters. The van der Waals surface area contributed by atoms with Crippen LogP contribution in [0.1, 0.15) is 22.3 Å². The molecule has 0 atom stereocenters. The molecule has 0 fully saturated rings. The topological polar surface area (TPSA) is 36.1 Å². The number of hydrogen-bond acceptors (Lipinski definition) is 2. The minimum Gasteiger partial charge on any atom is -0.331 e. The van der Waals surface area contributed by atoms with Crippen LogP contribution in [-0.2, 0) is 6.42 Å². The first-order valence-electron chi connectivity index (χ1n) is 7.32. The van der Waals surface area contributed by atoms with Gasteiger partial charge in [-0.25, -0.2) is 0 Å². The molecule has 2 aromatic carbocycles. The number of aryl methyl sites for hydroxylation is 2. The molecule has 3 rings (SSSR count). The molecule has 0 radical (unpaired) electrons. The zero-order valence-electron chi connectivity index (χ0n) is 12.7. The van der Waals surface area contributed by atoms with Crippen LogP contribution in [0.4, 0.5) is 5.69 Å². The van der Waals surface area contributed by atoms with E-state index in [1.807, 2.05) is 6.07 Å². The van der Waals surface area contributed by atoms with E-state index in [9.17, 15) is 0 Å². The number of anilines is 1. The van der Waals surface area contributed by atoms with Crippen molar-refractivity contribution < 1.29 is 0 Å². The lowest BCUT2D eigenvalue weighted by atomic mass is 10.1. The molecule has 2 aromatic rings. The van der Waals surface area contributed by atoms with Crippen molar-refractivity contribution in [1.82, 2.24) is 10.9 Å². The molecule has 3 nitrogen and oxygen atoms in total. The third-order valence-corrected chi connectivity index (χ3v) is 3.99. The predicted octanol–water partition coefficient (Wildman–Crippen LogP) is 3.69. The number of benzene rings is 2. The van der Waals surface area contributed by atoms with Gasteiger partial charge in [0.05, 0.1) is 5.70 Å². The SMILES string of the molecule is Cc1ccc(C)c(NC(=S)NNC2=CCc3ccccc32)c1. The lowest BCUT2D eigenvalue weighted by Crippen LogP contribution is -2.39. The highest BCUT2D eigenvalue weighted by Crippen LogP contribution is 2.24. The van der Waals surface area contributed by atoms with E-state index in [-0.39, 0.29) is 0 Å². The maximum atomic E-state index is 5.36. The largest absolute Gasteiger partial charge is 0.331 e. The van der Waals surface area contributed by atoms with Gasteiger partial charge in [0.15, 0.2) is 5.11 Å². The molecule has 0 saturated heterocycles. The van der Waals surface area contributed by atoms with Gasteiger partial charge in [-0.2, -0.15) is 0 Å². The number of thiocarbonyl (C=S) groups is 1. The van der Waals surface area contributed by atoms with E-state index in [1.165, 1.54) is 22.3 Å². The third-order valence-electron chi connectivity index (χ3n) is 3.79. The minimum atomic E-state index is 0.555. The van der Waals surface area contributed by atoms with Gasteiger partial charge in [-0.05, 0) is 55.2 Å². The van der Waals surface area contributed by atoms with Gasteiger partial charge in [0.2, 0.25) is 0 Å². The van der Waals surface area contributed by atoms with E-state index in [0.717, 1.165) is 17.8 Å². The van der Waals surface area contributed by atoms with Crippen LogP contribution in [-0.4, -0.2) is 5.11 Å². The summed E-state index contributed by atoms with van der Waals surface area (Å²) in [5, 5.41) is 3.78. The van der Waals surface area contributed by atoms with E-state index >= 15 is 0 Å². The zero-order chi connectivity index (χ0) is 15.5. The first-order valence-corrected chi connectivity index (χ1v) is 7.73. The molecule has 22 heavy (non-hydrogen) atoms. The average Bonchev–Trinajstić information content (AvgIpc) is 2.92. The summed E-state index contributed by atoms with van der Waals surface area (Å²) >= 11 is 5.36. The number of rotatable bonds is 3. The van der Waals surface area contributed by atoms with E-state index in [4.69, 9.17) is 12.2 Å². The normalized spacial score (nSPS) is 12.4. The Morgan fingerprint density at radius 2 is 1.91 bits per heavy atom. The van der Waals surface area contributed by atoms with Gasteiger partial charge < -0.3 is 5.32 Å². The van der Waals surface area contributed by atoms with Gasteiger partial charge >= 0.3 is 0 Å². The molecule has 0 heterocycles. The monoisotopic (exact) mass is 309 g/mol. The molecule has 0 saturated carbocycles. The Hall–Kier alpha value is -2.33. The first-order chi connectivity index (χ1) is 10.6. The minimum absolute atomic E-state index is 0.555. The summed E-state index contributed by atoms with van der Waals surface area (Å²) in [6, 6.07) is 14.6. The van der Waals surface area contributed by atoms with Gasteiger partial charge in [0.1, 0.15) is 0 Å². The molecular formula is C18H19N3S. The van der Waals surface area contributed by atoms with Crippen molar-refractivity contribution in [3.05, 3.63) is 70.8 Å². The second-order valence-corrected chi connectivity index (χ2v) is 5.91. The highest BCUT2D eigenvalue weighted by Gasteiger charge is 2.12. The fraction of sp³-hybridized carbons (Fsp3) is 0.167. The number of hydrazine groups is 1. The average molecular weight is 309 g/mol. The zero-order valence-corrected chi connectivity index (χ0v) is 13.6. The Labute approximate surface area is 136 Å². The van der Waals surface area contributed by atoms with Gasteiger partial charge in [-0.3, -0.25) is 10.9 Å². The maximum Gasteiger partial charge on any atom is 0.189 e. The van der Waals surface area contributed by atoms with Crippen molar-refractivity contribution in [3.63, 3.8) is 0 Å². The van der Waals surface area contributed by atoms with Gasteiger partial charge in [0.25, 0.3) is 0 Å². The lowest BCUT2D eigenvalue weighted by Gasteiger charge is -2.15. The molecule has 0 amide bonds. The Morgan fingerprint density at radius 3 is 2.77 bits per heavy atom. The summed E-state index contributed by atoms with van der Waals surface area (Å²) < 4.78 is 0. The van der Waals surface area contributed by atoms with E-state index in [2.05, 4.69) is 72.5 Å². The number of fused-ring (bicyclic) bond motifs is 1. The maximum absolute atomic E-state index is 5.36. The molecule has 0 aromatic heterocycles. The summed E-state index contributed by atoms with van der Waals surface area (Å²) in [4.78, 5) is 0. The molecule has 112 valence electrons. The van der Waals surface area contributed by atoms with Crippen molar-refractivity contribution in [2.24, 2.45) is 0 Å². The lowest BCUT2D eigenvalue weighted by molar-refractivity contribution is 0.850. The van der Waals surface area contributed by atoms with Crippen molar-refractivity contribution in [3.8, 4) is 0 Å². The Balaban J connectivity index is 1.61. The quantitative estimate of drug-likeness (QED) is 0.597. The van der Waals surface area contributed by atoms with Crippen LogP contribution in [0.3, 0.4) is 0 Å². The fourth-order valence-electron chi connectivity index (χ4n) is 2.55. The number of hydrogen-bond donors (Lipinski definition) is 3. The van der Waals surface area contributed by atoms with Crippen LogP contribution in [0.5, 0.6) is 0 Å². The number of nitrogens with one attached hydrogen (secondary N) is 3. The van der Waals surface area contributed by atoms with Gasteiger partial charge in [-0.15, -0.1) is 0 Å². The molecule has 1 aliphatic rings. The molecule has 0 bridgehead atoms. The van der Waals surface area contributed by atoms with Crippen LogP contribution in [0, 0.1) is 13.8 Å². The predicted molar refractivity (Wildman–Crippen MR) is 96.5 cm³/mol. The van der Waals surface area contributed by atoms with Gasteiger partial charge in [-0.1, -0.05) is 42.5 Å². The summed E-state index contributed by atoms with van der Waals surface area (Å²) in [6.07, 6.45) is 3.12. The third kappa shape index (κ3) is 3.12. The molecule has 0 aliphatic heterocycles. The number of allylic oxidation sites excluding steroid dienone is 1. The van der Waals surface area contributed by atoms with E-state index < -0.39 is 0 Å². The summed E-state index contributed by atoms with van der Waals surface area (Å²) in [7, 11) is 0. The van der Waals surface area contributed by atoms with Crippen LogP contribution >= 0.6 is 12.2 Å². The smallest absolute Gasteiger partial charge is 0.189 e.